The Hall–Kier alpha value is -1.78. The average Bonchev–Trinajstić information content (AvgIpc) is 2.66. The smallest absolute Gasteiger partial charge is 0.339 e. The monoisotopic (exact) mass is 490 g/mol. The standard InChI is InChI=1S/C19H28N2O9P2/c22-12-17(21(14-32(28,29)30)10-16-6-2-4-8-19(16)24)11-20(13-31(25,26)27)9-15-5-1-3-7-18(15)23/h1-8,17,22-24H,9-14H2,(H2,25,26,27)(H2,28,29,30). The number of phenols is 2. The van der Waals surface area contributed by atoms with Crippen LogP contribution in [0, 0.1) is 0 Å². The highest BCUT2D eigenvalue weighted by molar-refractivity contribution is 7.51. The average molecular weight is 490 g/mol. The summed E-state index contributed by atoms with van der Waals surface area (Å²) in [6.07, 6.45) is -1.44. The van der Waals surface area contributed by atoms with Crippen LogP contribution in [-0.2, 0) is 22.2 Å². The van der Waals surface area contributed by atoms with Gasteiger partial charge in [0.2, 0.25) is 0 Å². The van der Waals surface area contributed by atoms with E-state index in [4.69, 9.17) is 0 Å². The van der Waals surface area contributed by atoms with Crippen molar-refractivity contribution in [3.8, 4) is 11.5 Å². The topological polar surface area (TPSA) is 182 Å². The Morgan fingerprint density at radius 3 is 1.66 bits per heavy atom. The molecule has 32 heavy (non-hydrogen) atoms. The molecule has 11 nitrogen and oxygen atoms in total. The number of phenolic OH excluding ortho intramolecular Hbond substituents is 2. The van der Waals surface area contributed by atoms with Crippen molar-refractivity contribution in [3.63, 3.8) is 0 Å². The van der Waals surface area contributed by atoms with Crippen LogP contribution in [0.15, 0.2) is 48.5 Å². The fourth-order valence-electron chi connectivity index (χ4n) is 3.30. The Morgan fingerprint density at radius 1 is 0.750 bits per heavy atom. The van der Waals surface area contributed by atoms with Gasteiger partial charge >= 0.3 is 15.2 Å². The fourth-order valence-corrected chi connectivity index (χ4v) is 4.84. The van der Waals surface area contributed by atoms with Crippen molar-refractivity contribution in [1.82, 2.24) is 9.80 Å². The molecule has 0 bridgehead atoms. The van der Waals surface area contributed by atoms with E-state index >= 15 is 0 Å². The van der Waals surface area contributed by atoms with Gasteiger partial charge in [0.25, 0.3) is 0 Å². The van der Waals surface area contributed by atoms with E-state index in [0.29, 0.717) is 11.1 Å². The zero-order valence-corrected chi connectivity index (χ0v) is 19.0. The number of nitrogens with zero attached hydrogens (tertiary/aromatic N) is 2. The molecule has 0 aliphatic rings. The van der Waals surface area contributed by atoms with Crippen molar-refractivity contribution < 1.29 is 44.0 Å². The minimum absolute atomic E-state index is 0.0748. The maximum absolute atomic E-state index is 11.7. The van der Waals surface area contributed by atoms with Crippen molar-refractivity contribution in [1.29, 1.82) is 0 Å². The van der Waals surface area contributed by atoms with Gasteiger partial charge in [-0.05, 0) is 12.1 Å². The van der Waals surface area contributed by atoms with Gasteiger partial charge < -0.3 is 34.9 Å². The Bertz CT molecular complexity index is 979. The summed E-state index contributed by atoms with van der Waals surface area (Å²) in [4.78, 5) is 40.6. The molecule has 0 fully saturated rings. The van der Waals surface area contributed by atoms with Crippen molar-refractivity contribution in [2.75, 3.05) is 25.7 Å². The van der Waals surface area contributed by atoms with Gasteiger partial charge in [0.05, 0.1) is 6.61 Å². The van der Waals surface area contributed by atoms with Gasteiger partial charge in [-0.1, -0.05) is 36.4 Å². The lowest BCUT2D eigenvalue weighted by Gasteiger charge is -2.35. The first-order valence-corrected chi connectivity index (χ1v) is 13.2. The Balaban J connectivity index is 2.31. The van der Waals surface area contributed by atoms with Crippen molar-refractivity contribution in [3.05, 3.63) is 59.7 Å². The predicted molar refractivity (Wildman–Crippen MR) is 117 cm³/mol. The van der Waals surface area contributed by atoms with E-state index in [1.54, 1.807) is 36.4 Å². The molecule has 0 spiro atoms. The second-order valence-electron chi connectivity index (χ2n) is 7.46. The van der Waals surface area contributed by atoms with Crippen LogP contribution in [0.25, 0.3) is 0 Å². The molecule has 178 valence electrons. The SMILES string of the molecule is O=P(O)(O)CN(Cc1ccccc1O)CC(CO)N(Cc1ccccc1O)CP(=O)(O)O. The second-order valence-corrected chi connectivity index (χ2v) is 10.7. The molecular weight excluding hydrogens is 462 g/mol. The summed E-state index contributed by atoms with van der Waals surface area (Å²) in [7, 11) is -9.11. The van der Waals surface area contributed by atoms with E-state index in [1.807, 2.05) is 0 Å². The molecule has 0 amide bonds. The number of benzene rings is 2. The van der Waals surface area contributed by atoms with Crippen LogP contribution in [0.4, 0.5) is 0 Å². The normalized spacial score (nSPS) is 13.6. The highest BCUT2D eigenvalue weighted by Crippen LogP contribution is 2.38. The minimum Gasteiger partial charge on any atom is -0.508 e. The lowest BCUT2D eigenvalue weighted by molar-refractivity contribution is 0.0906. The lowest BCUT2D eigenvalue weighted by Crippen LogP contribution is -2.46. The number of para-hydroxylation sites is 2. The van der Waals surface area contributed by atoms with E-state index in [-0.39, 0.29) is 31.1 Å². The molecular formula is C19H28N2O9P2. The summed E-state index contributed by atoms with van der Waals surface area (Å²) in [6, 6.07) is 11.5. The van der Waals surface area contributed by atoms with Gasteiger partial charge in [-0.2, -0.15) is 0 Å². The molecule has 7 N–H and O–H groups in total. The summed E-state index contributed by atoms with van der Waals surface area (Å²) >= 11 is 0. The quantitative estimate of drug-likeness (QED) is 0.211. The lowest BCUT2D eigenvalue weighted by atomic mass is 10.1. The van der Waals surface area contributed by atoms with Gasteiger partial charge in [0.15, 0.2) is 0 Å². The minimum atomic E-state index is -4.58. The Morgan fingerprint density at radius 2 is 1.22 bits per heavy atom. The van der Waals surface area contributed by atoms with Crippen LogP contribution in [0.2, 0.25) is 0 Å². The van der Waals surface area contributed by atoms with Crippen molar-refractivity contribution in [2.45, 2.75) is 19.1 Å². The van der Waals surface area contributed by atoms with Gasteiger partial charge in [-0.15, -0.1) is 0 Å². The summed E-state index contributed by atoms with van der Waals surface area (Å²) in [5.74, 6) is -0.175. The molecule has 13 heteroatoms. The third kappa shape index (κ3) is 8.99. The molecule has 1 atom stereocenters. The van der Waals surface area contributed by atoms with Crippen LogP contribution in [0.5, 0.6) is 11.5 Å². The largest absolute Gasteiger partial charge is 0.508 e. The summed E-state index contributed by atoms with van der Waals surface area (Å²) in [5.41, 5.74) is 0.751. The van der Waals surface area contributed by atoms with E-state index in [1.165, 1.54) is 21.9 Å². The van der Waals surface area contributed by atoms with Crippen LogP contribution >= 0.6 is 15.2 Å². The van der Waals surface area contributed by atoms with Crippen molar-refractivity contribution in [2.24, 2.45) is 0 Å². The van der Waals surface area contributed by atoms with Gasteiger partial charge in [-0.25, -0.2) is 0 Å². The maximum atomic E-state index is 11.7. The van der Waals surface area contributed by atoms with Crippen LogP contribution in [-0.4, -0.2) is 76.5 Å². The summed E-state index contributed by atoms with van der Waals surface area (Å²) < 4.78 is 23.4. The first-order valence-electron chi connectivity index (χ1n) is 9.58. The zero-order chi connectivity index (χ0) is 23.9. The fraction of sp³-hybridized carbons (Fsp3) is 0.368. The number of hydrogen-bond donors (Lipinski definition) is 7. The molecule has 2 aromatic carbocycles. The molecule has 0 radical (unpaired) electrons. The van der Waals surface area contributed by atoms with Crippen molar-refractivity contribution >= 4 is 15.2 Å². The van der Waals surface area contributed by atoms with Crippen LogP contribution < -0.4 is 0 Å². The van der Waals surface area contributed by atoms with E-state index in [2.05, 4.69) is 0 Å². The zero-order valence-electron chi connectivity index (χ0n) is 17.2. The highest BCUT2D eigenvalue weighted by Gasteiger charge is 2.30. The summed E-state index contributed by atoms with van der Waals surface area (Å²) in [5, 5.41) is 30.1. The van der Waals surface area contributed by atoms with Gasteiger partial charge in [0, 0.05) is 36.8 Å². The van der Waals surface area contributed by atoms with Crippen LogP contribution in [0.1, 0.15) is 11.1 Å². The third-order valence-corrected chi connectivity index (χ3v) is 6.20. The molecule has 0 aliphatic heterocycles. The molecule has 0 saturated heterocycles. The summed E-state index contributed by atoms with van der Waals surface area (Å²) in [6.45, 7) is -0.951. The van der Waals surface area contributed by atoms with E-state index in [0.717, 1.165) is 0 Å². The highest BCUT2D eigenvalue weighted by atomic mass is 31.2. The van der Waals surface area contributed by atoms with Gasteiger partial charge in [-0.3, -0.25) is 18.9 Å². The number of aliphatic hydroxyl groups is 1. The molecule has 2 rings (SSSR count). The molecule has 2 aromatic rings. The molecule has 0 heterocycles. The number of aliphatic hydroxyl groups excluding tert-OH is 1. The Labute approximate surface area is 185 Å². The first-order chi connectivity index (χ1) is 14.9. The van der Waals surface area contributed by atoms with E-state index < -0.39 is 40.4 Å². The van der Waals surface area contributed by atoms with Gasteiger partial charge in [0.1, 0.15) is 24.1 Å². The second kappa shape index (κ2) is 11.4. The Kier molecular flexibility index (Phi) is 9.41. The predicted octanol–water partition coefficient (Wildman–Crippen LogP) is 1.03. The first kappa shape index (κ1) is 26.5. The molecule has 1 unspecified atom stereocenters. The molecule has 0 saturated carbocycles. The third-order valence-electron chi connectivity index (χ3n) is 4.70. The van der Waals surface area contributed by atoms with Crippen LogP contribution in [0.3, 0.4) is 0 Å². The number of aromatic hydroxyl groups is 2. The maximum Gasteiger partial charge on any atom is 0.339 e. The van der Waals surface area contributed by atoms with E-state index in [9.17, 15) is 44.0 Å². The number of hydrogen-bond acceptors (Lipinski definition) is 7. The number of rotatable bonds is 12. The molecule has 0 aromatic heterocycles. The molecule has 0 aliphatic carbocycles.